The van der Waals surface area contributed by atoms with Gasteiger partial charge in [0.1, 0.15) is 0 Å². The first-order chi connectivity index (χ1) is 6.49. The smallest absolute Gasteiger partial charge is 0.0203 e. The van der Waals surface area contributed by atoms with Crippen molar-refractivity contribution in [2.75, 3.05) is 0 Å². The number of hydrogen-bond donors (Lipinski definition) is 1. The third kappa shape index (κ3) is 3.75. The molecule has 1 unspecified atom stereocenters. The molecule has 1 aromatic rings. The molecule has 1 heteroatoms. The maximum absolute atomic E-state index is 6.19. The molecule has 0 radical (unpaired) electrons. The molecular formula is C13H19N. The van der Waals surface area contributed by atoms with Crippen molar-refractivity contribution in [3.8, 4) is 0 Å². The molecule has 2 N–H and O–H groups in total. The van der Waals surface area contributed by atoms with Gasteiger partial charge in [-0.05, 0) is 32.3 Å². The van der Waals surface area contributed by atoms with Gasteiger partial charge in [-0.2, -0.15) is 0 Å². The second-order valence-electron chi connectivity index (χ2n) is 4.45. The molecule has 1 rings (SSSR count). The maximum atomic E-state index is 6.19. The lowest BCUT2D eigenvalue weighted by atomic mass is 9.88. The van der Waals surface area contributed by atoms with Crippen molar-refractivity contribution in [2.24, 2.45) is 5.73 Å². The number of benzene rings is 1. The molecule has 76 valence electrons. The van der Waals surface area contributed by atoms with E-state index < -0.39 is 0 Å². The van der Waals surface area contributed by atoms with Gasteiger partial charge in [0, 0.05) is 5.54 Å². The number of hydrogen-bond acceptors (Lipinski definition) is 1. The fourth-order valence-electron chi connectivity index (χ4n) is 1.81. The minimum atomic E-state index is -0.173. The van der Waals surface area contributed by atoms with Crippen LogP contribution < -0.4 is 5.73 Å². The first-order valence-corrected chi connectivity index (χ1v) is 4.97. The summed E-state index contributed by atoms with van der Waals surface area (Å²) in [5, 5.41) is 0. The normalized spacial score (nSPS) is 14.8. The molecule has 1 aromatic carbocycles. The SMILES string of the molecule is C=C(C)CC(C)(N)Cc1ccccc1. The zero-order valence-corrected chi connectivity index (χ0v) is 9.09. The van der Waals surface area contributed by atoms with E-state index in [9.17, 15) is 0 Å². The van der Waals surface area contributed by atoms with Gasteiger partial charge in [0.25, 0.3) is 0 Å². The predicted molar refractivity (Wildman–Crippen MR) is 62.2 cm³/mol. The van der Waals surface area contributed by atoms with Crippen molar-refractivity contribution >= 4 is 0 Å². The Morgan fingerprint density at radius 2 is 1.93 bits per heavy atom. The minimum absolute atomic E-state index is 0.173. The number of nitrogens with two attached hydrogens (primary N) is 1. The van der Waals surface area contributed by atoms with Crippen molar-refractivity contribution in [3.63, 3.8) is 0 Å². The molecule has 0 spiro atoms. The molecule has 0 aliphatic rings. The summed E-state index contributed by atoms with van der Waals surface area (Å²) in [5.74, 6) is 0. The molecule has 0 aromatic heterocycles. The first kappa shape index (κ1) is 11.0. The highest BCUT2D eigenvalue weighted by Crippen LogP contribution is 2.17. The van der Waals surface area contributed by atoms with Crippen LogP contribution in [0.15, 0.2) is 42.5 Å². The average molecular weight is 189 g/mol. The Morgan fingerprint density at radius 3 is 2.43 bits per heavy atom. The van der Waals surface area contributed by atoms with Gasteiger partial charge >= 0.3 is 0 Å². The molecule has 0 bridgehead atoms. The average Bonchev–Trinajstić information content (AvgIpc) is 2.02. The maximum Gasteiger partial charge on any atom is 0.0203 e. The van der Waals surface area contributed by atoms with Crippen LogP contribution in [-0.4, -0.2) is 5.54 Å². The topological polar surface area (TPSA) is 26.0 Å². The van der Waals surface area contributed by atoms with E-state index in [1.165, 1.54) is 5.56 Å². The van der Waals surface area contributed by atoms with E-state index in [2.05, 4.69) is 25.6 Å². The van der Waals surface area contributed by atoms with Crippen molar-refractivity contribution in [1.82, 2.24) is 0 Å². The van der Waals surface area contributed by atoms with Crippen molar-refractivity contribution in [2.45, 2.75) is 32.2 Å². The van der Waals surface area contributed by atoms with Crippen LogP contribution in [0, 0.1) is 0 Å². The second-order valence-corrected chi connectivity index (χ2v) is 4.45. The van der Waals surface area contributed by atoms with Gasteiger partial charge in [-0.15, -0.1) is 6.58 Å². The molecular weight excluding hydrogens is 170 g/mol. The van der Waals surface area contributed by atoms with E-state index in [4.69, 9.17) is 5.73 Å². The highest BCUT2D eigenvalue weighted by Gasteiger charge is 2.18. The monoisotopic (exact) mass is 189 g/mol. The summed E-state index contributed by atoms with van der Waals surface area (Å²) in [7, 11) is 0. The molecule has 0 fully saturated rings. The van der Waals surface area contributed by atoms with Crippen LogP contribution in [0.5, 0.6) is 0 Å². The van der Waals surface area contributed by atoms with E-state index in [1.807, 2.05) is 25.1 Å². The summed E-state index contributed by atoms with van der Waals surface area (Å²) in [4.78, 5) is 0. The van der Waals surface area contributed by atoms with E-state index in [0.717, 1.165) is 18.4 Å². The van der Waals surface area contributed by atoms with Gasteiger partial charge in [0.05, 0.1) is 0 Å². The minimum Gasteiger partial charge on any atom is -0.325 e. The molecule has 0 aliphatic heterocycles. The van der Waals surface area contributed by atoms with E-state index in [0.29, 0.717) is 0 Å². The Balaban J connectivity index is 2.63. The van der Waals surface area contributed by atoms with Crippen LogP contribution in [0.4, 0.5) is 0 Å². The largest absolute Gasteiger partial charge is 0.325 e. The van der Waals surface area contributed by atoms with Crippen LogP contribution in [0.2, 0.25) is 0 Å². The van der Waals surface area contributed by atoms with Crippen LogP contribution in [-0.2, 0) is 6.42 Å². The lowest BCUT2D eigenvalue weighted by Crippen LogP contribution is -2.38. The van der Waals surface area contributed by atoms with Crippen LogP contribution in [0.1, 0.15) is 25.8 Å². The Hall–Kier alpha value is -1.08. The van der Waals surface area contributed by atoms with Gasteiger partial charge in [0.15, 0.2) is 0 Å². The molecule has 1 nitrogen and oxygen atoms in total. The molecule has 0 saturated carbocycles. The Morgan fingerprint density at radius 1 is 1.36 bits per heavy atom. The fraction of sp³-hybridized carbons (Fsp3) is 0.385. The van der Waals surface area contributed by atoms with Crippen molar-refractivity contribution in [1.29, 1.82) is 0 Å². The summed E-state index contributed by atoms with van der Waals surface area (Å²) in [6.07, 6.45) is 1.78. The van der Waals surface area contributed by atoms with Crippen LogP contribution in [0.3, 0.4) is 0 Å². The van der Waals surface area contributed by atoms with E-state index >= 15 is 0 Å². The van der Waals surface area contributed by atoms with Crippen LogP contribution in [0.25, 0.3) is 0 Å². The second kappa shape index (κ2) is 4.43. The van der Waals surface area contributed by atoms with E-state index in [-0.39, 0.29) is 5.54 Å². The third-order valence-electron chi connectivity index (χ3n) is 2.16. The first-order valence-electron chi connectivity index (χ1n) is 4.97. The summed E-state index contributed by atoms with van der Waals surface area (Å²) in [5.41, 5.74) is 8.45. The quantitative estimate of drug-likeness (QED) is 0.724. The molecule has 0 amide bonds. The molecule has 14 heavy (non-hydrogen) atoms. The molecule has 0 heterocycles. The van der Waals surface area contributed by atoms with E-state index in [1.54, 1.807) is 0 Å². The van der Waals surface area contributed by atoms with Gasteiger partial charge < -0.3 is 5.73 Å². The third-order valence-corrected chi connectivity index (χ3v) is 2.16. The number of rotatable bonds is 4. The highest BCUT2D eigenvalue weighted by atomic mass is 14.7. The molecule has 1 atom stereocenters. The highest BCUT2D eigenvalue weighted by molar-refractivity contribution is 5.18. The fourth-order valence-corrected chi connectivity index (χ4v) is 1.81. The Kier molecular flexibility index (Phi) is 3.48. The summed E-state index contributed by atoms with van der Waals surface area (Å²) in [6.45, 7) is 8.00. The molecule has 0 saturated heterocycles. The Bertz CT molecular complexity index is 298. The standard InChI is InChI=1S/C13H19N/c1-11(2)9-13(3,14)10-12-7-5-4-6-8-12/h4-8H,1,9-10,14H2,2-3H3. The predicted octanol–water partition coefficient (Wildman–Crippen LogP) is 2.91. The zero-order valence-electron chi connectivity index (χ0n) is 9.09. The van der Waals surface area contributed by atoms with Gasteiger partial charge in [-0.25, -0.2) is 0 Å². The lowest BCUT2D eigenvalue weighted by molar-refractivity contribution is 0.462. The lowest BCUT2D eigenvalue weighted by Gasteiger charge is -2.24. The summed E-state index contributed by atoms with van der Waals surface area (Å²) in [6, 6.07) is 10.3. The summed E-state index contributed by atoms with van der Waals surface area (Å²) >= 11 is 0. The van der Waals surface area contributed by atoms with Crippen molar-refractivity contribution < 1.29 is 0 Å². The van der Waals surface area contributed by atoms with Gasteiger partial charge in [-0.1, -0.05) is 35.9 Å². The van der Waals surface area contributed by atoms with Crippen LogP contribution >= 0.6 is 0 Å². The molecule has 0 aliphatic carbocycles. The Labute approximate surface area is 86.6 Å². The zero-order chi connectivity index (χ0) is 10.6. The summed E-state index contributed by atoms with van der Waals surface area (Å²) < 4.78 is 0. The van der Waals surface area contributed by atoms with Crippen molar-refractivity contribution in [3.05, 3.63) is 48.0 Å². The van der Waals surface area contributed by atoms with Gasteiger partial charge in [-0.3, -0.25) is 0 Å². The van der Waals surface area contributed by atoms with Gasteiger partial charge in [0.2, 0.25) is 0 Å².